The molecule has 0 spiro atoms. The van der Waals surface area contributed by atoms with Gasteiger partial charge in [-0.1, -0.05) is 18.2 Å². The van der Waals surface area contributed by atoms with E-state index in [0.29, 0.717) is 24.8 Å². The quantitative estimate of drug-likeness (QED) is 0.862. The number of carboxylic acids is 1. The van der Waals surface area contributed by atoms with Crippen LogP contribution in [0.15, 0.2) is 24.3 Å². The van der Waals surface area contributed by atoms with Crippen molar-refractivity contribution in [1.82, 2.24) is 5.32 Å². The minimum Gasteiger partial charge on any atom is -0.480 e. The van der Waals surface area contributed by atoms with Crippen molar-refractivity contribution < 1.29 is 32.6 Å². The summed E-state index contributed by atoms with van der Waals surface area (Å²) in [5.41, 5.74) is -0.903. The number of nitrogens with one attached hydrogen (secondary N) is 1. The van der Waals surface area contributed by atoms with Gasteiger partial charge in [-0.2, -0.15) is 0 Å². The van der Waals surface area contributed by atoms with Gasteiger partial charge in [0.2, 0.25) is 5.91 Å². The largest absolute Gasteiger partial charge is 0.573 e. The van der Waals surface area contributed by atoms with Crippen LogP contribution in [-0.4, -0.2) is 28.9 Å². The van der Waals surface area contributed by atoms with Crippen LogP contribution >= 0.6 is 0 Å². The maximum Gasteiger partial charge on any atom is 0.573 e. The Hall–Kier alpha value is -2.25. The van der Waals surface area contributed by atoms with Crippen molar-refractivity contribution in [3.63, 3.8) is 0 Å². The number of benzene rings is 1. The van der Waals surface area contributed by atoms with E-state index in [1.54, 1.807) is 6.07 Å². The van der Waals surface area contributed by atoms with Crippen LogP contribution < -0.4 is 10.1 Å². The van der Waals surface area contributed by atoms with Crippen LogP contribution in [0, 0.1) is 5.92 Å². The summed E-state index contributed by atoms with van der Waals surface area (Å²) in [6.45, 7) is 0. The molecule has 1 aromatic rings. The number of para-hydroxylation sites is 1. The highest BCUT2D eigenvalue weighted by molar-refractivity contribution is 5.90. The molecule has 2 atom stereocenters. The second-order valence-electron chi connectivity index (χ2n) is 6.26. The fourth-order valence-corrected chi connectivity index (χ4v) is 3.08. The highest BCUT2D eigenvalue weighted by Gasteiger charge is 2.51. The SMILES string of the molecule is O=C(NC1(C(=O)O)CCC1)C1CC1c1ccccc1OC(F)(F)F. The molecule has 0 saturated heterocycles. The molecule has 2 fully saturated rings. The number of amides is 1. The molecule has 2 aliphatic rings. The summed E-state index contributed by atoms with van der Waals surface area (Å²) >= 11 is 0. The molecule has 3 rings (SSSR count). The van der Waals surface area contributed by atoms with E-state index in [1.165, 1.54) is 18.2 Å². The maximum atomic E-state index is 12.5. The van der Waals surface area contributed by atoms with Gasteiger partial charge in [-0.3, -0.25) is 4.79 Å². The highest BCUT2D eigenvalue weighted by atomic mass is 19.4. The van der Waals surface area contributed by atoms with Crippen molar-refractivity contribution in [2.24, 2.45) is 5.92 Å². The third kappa shape index (κ3) is 3.18. The number of aliphatic carboxylic acids is 1. The lowest BCUT2D eigenvalue weighted by atomic mass is 9.76. The summed E-state index contributed by atoms with van der Waals surface area (Å²) in [7, 11) is 0. The standard InChI is InChI=1S/C16H16F3NO4/c17-16(18,19)24-12-5-2-1-4-9(12)10-8-11(10)13(21)20-15(14(22)23)6-3-7-15/h1-2,4-5,10-11H,3,6-8H2,(H,20,21)(H,22,23). The van der Waals surface area contributed by atoms with Gasteiger partial charge in [0.25, 0.3) is 0 Å². The molecule has 0 aliphatic heterocycles. The van der Waals surface area contributed by atoms with E-state index in [1.807, 2.05) is 0 Å². The molecule has 2 N–H and O–H groups in total. The summed E-state index contributed by atoms with van der Waals surface area (Å²) in [5, 5.41) is 11.8. The van der Waals surface area contributed by atoms with E-state index < -0.39 is 35.6 Å². The van der Waals surface area contributed by atoms with Crippen molar-refractivity contribution >= 4 is 11.9 Å². The third-order valence-corrected chi connectivity index (χ3v) is 4.65. The number of alkyl halides is 3. The van der Waals surface area contributed by atoms with E-state index in [2.05, 4.69) is 10.1 Å². The molecule has 2 saturated carbocycles. The third-order valence-electron chi connectivity index (χ3n) is 4.65. The molecule has 0 bridgehead atoms. The zero-order valence-corrected chi connectivity index (χ0v) is 12.6. The normalized spacial score (nSPS) is 24.6. The lowest BCUT2D eigenvalue weighted by Crippen LogP contribution is -2.59. The second-order valence-corrected chi connectivity index (χ2v) is 6.26. The smallest absolute Gasteiger partial charge is 0.480 e. The molecule has 0 radical (unpaired) electrons. The van der Waals surface area contributed by atoms with Crippen molar-refractivity contribution in [3.05, 3.63) is 29.8 Å². The fourth-order valence-electron chi connectivity index (χ4n) is 3.08. The average molecular weight is 343 g/mol. The Morgan fingerprint density at radius 3 is 2.46 bits per heavy atom. The molecule has 24 heavy (non-hydrogen) atoms. The van der Waals surface area contributed by atoms with Gasteiger partial charge in [0.15, 0.2) is 0 Å². The van der Waals surface area contributed by atoms with Crippen LogP contribution in [-0.2, 0) is 9.59 Å². The zero-order chi connectivity index (χ0) is 17.5. The van der Waals surface area contributed by atoms with Gasteiger partial charge in [-0.05, 0) is 43.2 Å². The van der Waals surface area contributed by atoms with Gasteiger partial charge in [0, 0.05) is 5.92 Å². The Morgan fingerprint density at radius 1 is 1.25 bits per heavy atom. The molecule has 0 aromatic heterocycles. The van der Waals surface area contributed by atoms with E-state index in [0.717, 1.165) is 6.42 Å². The molecule has 2 aliphatic carbocycles. The number of rotatable bonds is 5. The summed E-state index contributed by atoms with van der Waals surface area (Å²) in [6, 6.07) is 5.71. The Morgan fingerprint density at radius 2 is 1.92 bits per heavy atom. The van der Waals surface area contributed by atoms with Gasteiger partial charge in [-0.25, -0.2) is 4.79 Å². The lowest BCUT2D eigenvalue weighted by molar-refractivity contribution is -0.274. The van der Waals surface area contributed by atoms with Gasteiger partial charge < -0.3 is 15.2 Å². The molecule has 0 heterocycles. The first-order valence-corrected chi connectivity index (χ1v) is 7.62. The summed E-state index contributed by atoms with van der Waals surface area (Å²) in [6.07, 6.45) is -2.96. The van der Waals surface area contributed by atoms with Gasteiger partial charge in [-0.15, -0.1) is 13.2 Å². The Kier molecular flexibility index (Phi) is 3.93. The Balaban J connectivity index is 1.69. The van der Waals surface area contributed by atoms with Crippen LogP contribution in [0.2, 0.25) is 0 Å². The molecule has 1 amide bonds. The second kappa shape index (κ2) is 5.68. The number of carbonyl (C=O) groups is 2. The molecular formula is C16H16F3NO4. The lowest BCUT2D eigenvalue weighted by Gasteiger charge is -2.38. The zero-order valence-electron chi connectivity index (χ0n) is 12.6. The summed E-state index contributed by atoms with van der Waals surface area (Å²) < 4.78 is 41.4. The van der Waals surface area contributed by atoms with Crippen LogP contribution in [0.25, 0.3) is 0 Å². The van der Waals surface area contributed by atoms with E-state index in [9.17, 15) is 27.9 Å². The predicted octanol–water partition coefficient (Wildman–Crippen LogP) is 2.81. The fraction of sp³-hybridized carbons (Fsp3) is 0.500. The van der Waals surface area contributed by atoms with Crippen molar-refractivity contribution in [1.29, 1.82) is 0 Å². The number of halogens is 3. The monoisotopic (exact) mass is 343 g/mol. The molecular weight excluding hydrogens is 327 g/mol. The Labute approximate surface area is 135 Å². The van der Waals surface area contributed by atoms with Crippen molar-refractivity contribution in [3.8, 4) is 5.75 Å². The van der Waals surface area contributed by atoms with Gasteiger partial charge in [0.05, 0.1) is 0 Å². The number of carboxylic acid groups (broad SMARTS) is 1. The Bertz CT molecular complexity index is 670. The first-order chi connectivity index (χ1) is 11.2. The van der Waals surface area contributed by atoms with E-state index in [4.69, 9.17) is 0 Å². The van der Waals surface area contributed by atoms with Crippen LogP contribution in [0.4, 0.5) is 13.2 Å². The molecule has 1 aromatic carbocycles. The molecule has 5 nitrogen and oxygen atoms in total. The van der Waals surface area contributed by atoms with Crippen molar-refractivity contribution in [2.45, 2.75) is 43.5 Å². The summed E-state index contributed by atoms with van der Waals surface area (Å²) in [5.74, 6) is -2.74. The number of carbonyl (C=O) groups excluding carboxylic acids is 1. The van der Waals surface area contributed by atoms with E-state index in [-0.39, 0.29) is 5.75 Å². The maximum absolute atomic E-state index is 12.5. The average Bonchev–Trinajstić information content (AvgIpc) is 3.21. The molecule has 2 unspecified atom stereocenters. The topological polar surface area (TPSA) is 75.6 Å². The number of hydrogen-bond acceptors (Lipinski definition) is 3. The van der Waals surface area contributed by atoms with Crippen LogP contribution in [0.5, 0.6) is 5.75 Å². The van der Waals surface area contributed by atoms with Crippen LogP contribution in [0.1, 0.15) is 37.2 Å². The number of ether oxygens (including phenoxy) is 1. The number of hydrogen-bond donors (Lipinski definition) is 2. The highest BCUT2D eigenvalue weighted by Crippen LogP contribution is 2.51. The molecule has 8 heteroatoms. The van der Waals surface area contributed by atoms with E-state index >= 15 is 0 Å². The van der Waals surface area contributed by atoms with Gasteiger partial charge in [0.1, 0.15) is 11.3 Å². The summed E-state index contributed by atoms with van der Waals surface area (Å²) in [4.78, 5) is 23.5. The predicted molar refractivity (Wildman–Crippen MR) is 76.3 cm³/mol. The molecule has 130 valence electrons. The first-order valence-electron chi connectivity index (χ1n) is 7.62. The minimum atomic E-state index is -4.80. The van der Waals surface area contributed by atoms with Crippen molar-refractivity contribution in [2.75, 3.05) is 0 Å². The van der Waals surface area contributed by atoms with Crippen LogP contribution in [0.3, 0.4) is 0 Å². The van der Waals surface area contributed by atoms with Gasteiger partial charge >= 0.3 is 12.3 Å². The minimum absolute atomic E-state index is 0.313. The first kappa shape index (κ1) is 16.6.